The molecule has 0 atom stereocenters. The summed E-state index contributed by atoms with van der Waals surface area (Å²) in [5, 5.41) is 4.36. The van der Waals surface area contributed by atoms with Crippen molar-refractivity contribution in [3.63, 3.8) is 0 Å². The average Bonchev–Trinajstić information content (AvgIpc) is 2.10. The SMILES string of the molecule is CCC1=NNC(C)(C)CCC1. The monoisotopic (exact) mass is 154 g/mol. The molecule has 0 saturated heterocycles. The number of hydrogen-bond donors (Lipinski definition) is 1. The minimum atomic E-state index is 0.205. The van der Waals surface area contributed by atoms with E-state index < -0.39 is 0 Å². The molecule has 64 valence electrons. The fraction of sp³-hybridized carbons (Fsp3) is 0.889. The first-order valence-corrected chi connectivity index (χ1v) is 4.46. The summed E-state index contributed by atoms with van der Waals surface area (Å²) in [5.41, 5.74) is 4.73. The Morgan fingerprint density at radius 1 is 1.55 bits per heavy atom. The van der Waals surface area contributed by atoms with Crippen LogP contribution in [-0.4, -0.2) is 11.3 Å². The van der Waals surface area contributed by atoms with Crippen molar-refractivity contribution in [3.05, 3.63) is 0 Å². The van der Waals surface area contributed by atoms with Gasteiger partial charge in [-0.3, -0.25) is 0 Å². The van der Waals surface area contributed by atoms with Crippen LogP contribution in [0.1, 0.15) is 46.5 Å². The lowest BCUT2D eigenvalue weighted by Crippen LogP contribution is -2.34. The van der Waals surface area contributed by atoms with Crippen LogP contribution in [-0.2, 0) is 0 Å². The van der Waals surface area contributed by atoms with Crippen LogP contribution in [0.3, 0.4) is 0 Å². The zero-order chi connectivity index (χ0) is 8.32. The summed E-state index contributed by atoms with van der Waals surface area (Å²) in [7, 11) is 0. The van der Waals surface area contributed by atoms with Gasteiger partial charge in [0.1, 0.15) is 0 Å². The second-order valence-corrected chi connectivity index (χ2v) is 3.88. The number of nitrogens with zero attached hydrogens (tertiary/aromatic N) is 1. The van der Waals surface area contributed by atoms with E-state index in [4.69, 9.17) is 0 Å². The molecule has 0 saturated carbocycles. The van der Waals surface area contributed by atoms with Crippen molar-refractivity contribution in [2.45, 2.75) is 52.0 Å². The minimum Gasteiger partial charge on any atom is -0.305 e. The number of hydrazone groups is 1. The normalized spacial score (nSPS) is 23.4. The molecule has 0 aromatic carbocycles. The Balaban J connectivity index is 2.56. The number of rotatable bonds is 1. The van der Waals surface area contributed by atoms with Gasteiger partial charge in [0.05, 0.1) is 0 Å². The Bertz CT molecular complexity index is 159. The van der Waals surface area contributed by atoms with Crippen molar-refractivity contribution in [3.8, 4) is 0 Å². The summed E-state index contributed by atoms with van der Waals surface area (Å²) in [6, 6.07) is 0. The molecular weight excluding hydrogens is 136 g/mol. The predicted octanol–water partition coefficient (Wildman–Crippen LogP) is 2.30. The van der Waals surface area contributed by atoms with Crippen LogP contribution in [0.5, 0.6) is 0 Å². The molecule has 1 rings (SSSR count). The van der Waals surface area contributed by atoms with Crippen LogP contribution < -0.4 is 5.43 Å². The Kier molecular flexibility index (Phi) is 2.53. The van der Waals surface area contributed by atoms with Crippen LogP contribution in [0, 0.1) is 0 Å². The maximum absolute atomic E-state index is 4.36. The van der Waals surface area contributed by atoms with Gasteiger partial charge in [0.25, 0.3) is 0 Å². The zero-order valence-corrected chi connectivity index (χ0v) is 7.78. The molecule has 0 spiro atoms. The molecule has 0 fully saturated rings. The molecule has 0 aromatic heterocycles. The number of hydrogen-bond acceptors (Lipinski definition) is 2. The second-order valence-electron chi connectivity index (χ2n) is 3.88. The van der Waals surface area contributed by atoms with E-state index in [0.29, 0.717) is 0 Å². The van der Waals surface area contributed by atoms with Crippen LogP contribution in [0.15, 0.2) is 5.10 Å². The van der Waals surface area contributed by atoms with Gasteiger partial charge >= 0.3 is 0 Å². The van der Waals surface area contributed by atoms with Crippen molar-refractivity contribution < 1.29 is 0 Å². The van der Waals surface area contributed by atoms with Gasteiger partial charge in [-0.2, -0.15) is 5.10 Å². The van der Waals surface area contributed by atoms with Crippen LogP contribution in [0.25, 0.3) is 0 Å². The maximum atomic E-state index is 4.36. The van der Waals surface area contributed by atoms with Crippen molar-refractivity contribution in [1.29, 1.82) is 0 Å². The predicted molar refractivity (Wildman–Crippen MR) is 48.8 cm³/mol. The van der Waals surface area contributed by atoms with E-state index in [0.717, 1.165) is 6.42 Å². The van der Waals surface area contributed by atoms with Gasteiger partial charge in [-0.05, 0) is 39.5 Å². The quantitative estimate of drug-likeness (QED) is 0.615. The first-order chi connectivity index (χ1) is 5.14. The smallest absolute Gasteiger partial charge is 0.0492 e. The average molecular weight is 154 g/mol. The lowest BCUT2D eigenvalue weighted by atomic mass is 9.98. The standard InChI is InChI=1S/C9H18N2/c1-4-8-6-5-7-9(2,3)11-10-8/h11H,4-7H2,1-3H3. The second kappa shape index (κ2) is 3.24. The maximum Gasteiger partial charge on any atom is 0.0492 e. The van der Waals surface area contributed by atoms with Gasteiger partial charge in [-0.15, -0.1) is 0 Å². The van der Waals surface area contributed by atoms with Gasteiger partial charge in [0.2, 0.25) is 0 Å². The summed E-state index contributed by atoms with van der Waals surface area (Å²) in [5.74, 6) is 0. The molecule has 0 unspecified atom stereocenters. The van der Waals surface area contributed by atoms with E-state index in [9.17, 15) is 0 Å². The molecule has 0 radical (unpaired) electrons. The van der Waals surface area contributed by atoms with E-state index in [1.165, 1.54) is 25.0 Å². The summed E-state index contributed by atoms with van der Waals surface area (Å²) in [6.07, 6.45) is 4.75. The fourth-order valence-corrected chi connectivity index (χ4v) is 1.33. The topological polar surface area (TPSA) is 24.4 Å². The van der Waals surface area contributed by atoms with Crippen LogP contribution in [0.2, 0.25) is 0 Å². The van der Waals surface area contributed by atoms with Gasteiger partial charge in [0, 0.05) is 11.3 Å². The van der Waals surface area contributed by atoms with Gasteiger partial charge < -0.3 is 5.43 Å². The molecule has 0 aliphatic carbocycles. The van der Waals surface area contributed by atoms with Gasteiger partial charge in [0.15, 0.2) is 0 Å². The molecule has 1 aliphatic rings. The highest BCUT2D eigenvalue weighted by Gasteiger charge is 2.18. The highest BCUT2D eigenvalue weighted by molar-refractivity contribution is 5.84. The van der Waals surface area contributed by atoms with E-state index >= 15 is 0 Å². The van der Waals surface area contributed by atoms with Crippen molar-refractivity contribution >= 4 is 5.71 Å². The van der Waals surface area contributed by atoms with Gasteiger partial charge in [-0.25, -0.2) is 0 Å². The summed E-state index contributed by atoms with van der Waals surface area (Å²) >= 11 is 0. The zero-order valence-electron chi connectivity index (χ0n) is 7.78. The van der Waals surface area contributed by atoms with Crippen molar-refractivity contribution in [2.75, 3.05) is 0 Å². The molecule has 0 aromatic rings. The lowest BCUT2D eigenvalue weighted by molar-refractivity contribution is 0.375. The lowest BCUT2D eigenvalue weighted by Gasteiger charge is -2.21. The molecule has 0 bridgehead atoms. The molecule has 1 N–H and O–H groups in total. The highest BCUT2D eigenvalue weighted by atomic mass is 15.3. The number of nitrogens with one attached hydrogen (secondary N) is 1. The van der Waals surface area contributed by atoms with E-state index in [-0.39, 0.29) is 5.54 Å². The molecule has 1 aliphatic heterocycles. The summed E-state index contributed by atoms with van der Waals surface area (Å²) in [4.78, 5) is 0. The van der Waals surface area contributed by atoms with Crippen molar-refractivity contribution in [2.24, 2.45) is 5.10 Å². The molecule has 2 nitrogen and oxygen atoms in total. The molecule has 2 heteroatoms. The Morgan fingerprint density at radius 3 is 2.91 bits per heavy atom. The first-order valence-electron chi connectivity index (χ1n) is 4.46. The molecule has 11 heavy (non-hydrogen) atoms. The van der Waals surface area contributed by atoms with Crippen LogP contribution in [0.4, 0.5) is 0 Å². The minimum absolute atomic E-state index is 0.205. The van der Waals surface area contributed by atoms with Crippen molar-refractivity contribution in [1.82, 2.24) is 5.43 Å². The third kappa shape index (κ3) is 2.52. The van der Waals surface area contributed by atoms with E-state index in [1.807, 2.05) is 0 Å². The molecular formula is C9H18N2. The van der Waals surface area contributed by atoms with Gasteiger partial charge in [-0.1, -0.05) is 6.92 Å². The Hall–Kier alpha value is -0.530. The summed E-state index contributed by atoms with van der Waals surface area (Å²) < 4.78 is 0. The van der Waals surface area contributed by atoms with E-state index in [2.05, 4.69) is 31.3 Å². The first kappa shape index (κ1) is 8.57. The highest BCUT2D eigenvalue weighted by Crippen LogP contribution is 2.17. The third-order valence-corrected chi connectivity index (χ3v) is 2.19. The Labute approximate surface area is 69.1 Å². The Morgan fingerprint density at radius 2 is 2.27 bits per heavy atom. The fourth-order valence-electron chi connectivity index (χ4n) is 1.33. The third-order valence-electron chi connectivity index (χ3n) is 2.19. The molecule has 0 amide bonds. The van der Waals surface area contributed by atoms with E-state index in [1.54, 1.807) is 0 Å². The molecule has 1 heterocycles. The van der Waals surface area contributed by atoms with Crippen LogP contribution >= 0.6 is 0 Å². The largest absolute Gasteiger partial charge is 0.305 e. The summed E-state index contributed by atoms with van der Waals surface area (Å²) in [6.45, 7) is 6.57.